The minimum absolute atomic E-state index is 0.0368. The van der Waals surface area contributed by atoms with E-state index in [0.717, 1.165) is 23.4 Å². The van der Waals surface area contributed by atoms with E-state index in [4.69, 9.17) is 5.73 Å². The molecule has 1 aliphatic rings. The SMILES string of the molecule is Nc1cc2c(cc1NCCc1ncon1)CCC(=O)N2. The number of aromatic nitrogens is 2. The summed E-state index contributed by atoms with van der Waals surface area (Å²) in [6.45, 7) is 0.662. The summed E-state index contributed by atoms with van der Waals surface area (Å²) in [4.78, 5) is 15.3. The third-order valence-corrected chi connectivity index (χ3v) is 3.24. The smallest absolute Gasteiger partial charge is 0.224 e. The van der Waals surface area contributed by atoms with E-state index < -0.39 is 0 Å². The van der Waals surface area contributed by atoms with E-state index in [1.54, 1.807) is 6.07 Å². The van der Waals surface area contributed by atoms with Crippen LogP contribution < -0.4 is 16.4 Å². The van der Waals surface area contributed by atoms with Gasteiger partial charge in [-0.2, -0.15) is 4.98 Å². The van der Waals surface area contributed by atoms with Crippen molar-refractivity contribution in [3.8, 4) is 0 Å². The molecular formula is C13H15N5O2. The van der Waals surface area contributed by atoms with Gasteiger partial charge in [0.15, 0.2) is 5.82 Å². The number of anilines is 3. The average molecular weight is 273 g/mol. The number of benzene rings is 1. The molecule has 0 atom stereocenters. The van der Waals surface area contributed by atoms with Crippen molar-refractivity contribution < 1.29 is 9.32 Å². The van der Waals surface area contributed by atoms with Crippen molar-refractivity contribution in [2.45, 2.75) is 19.3 Å². The third-order valence-electron chi connectivity index (χ3n) is 3.24. The van der Waals surface area contributed by atoms with Gasteiger partial charge in [-0.3, -0.25) is 4.79 Å². The molecule has 0 unspecified atom stereocenters. The fourth-order valence-corrected chi connectivity index (χ4v) is 2.21. The zero-order valence-corrected chi connectivity index (χ0v) is 10.8. The monoisotopic (exact) mass is 273 g/mol. The van der Waals surface area contributed by atoms with Crippen molar-refractivity contribution in [1.29, 1.82) is 0 Å². The zero-order chi connectivity index (χ0) is 13.9. The van der Waals surface area contributed by atoms with Gasteiger partial charge in [-0.25, -0.2) is 0 Å². The van der Waals surface area contributed by atoms with E-state index in [2.05, 4.69) is 25.3 Å². The summed E-state index contributed by atoms with van der Waals surface area (Å²) in [6.07, 6.45) is 3.22. The zero-order valence-electron chi connectivity index (χ0n) is 10.8. The van der Waals surface area contributed by atoms with E-state index in [-0.39, 0.29) is 5.91 Å². The molecule has 2 aromatic rings. The molecule has 7 nitrogen and oxygen atoms in total. The first-order chi connectivity index (χ1) is 9.72. The van der Waals surface area contributed by atoms with Gasteiger partial charge in [0.25, 0.3) is 0 Å². The van der Waals surface area contributed by atoms with Crippen LogP contribution in [-0.4, -0.2) is 22.6 Å². The highest BCUT2D eigenvalue weighted by Crippen LogP contribution is 2.30. The second-order valence-corrected chi connectivity index (χ2v) is 4.67. The number of nitrogen functional groups attached to an aromatic ring is 1. The summed E-state index contributed by atoms with van der Waals surface area (Å²) in [7, 11) is 0. The van der Waals surface area contributed by atoms with Crippen molar-refractivity contribution in [1.82, 2.24) is 10.1 Å². The average Bonchev–Trinajstić information content (AvgIpc) is 2.93. The number of nitrogens with two attached hydrogens (primary N) is 1. The minimum Gasteiger partial charge on any atom is -0.397 e. The number of nitrogens with one attached hydrogen (secondary N) is 2. The lowest BCUT2D eigenvalue weighted by Crippen LogP contribution is -2.19. The molecule has 1 aliphatic heterocycles. The van der Waals surface area contributed by atoms with E-state index in [0.29, 0.717) is 30.9 Å². The standard InChI is InChI=1S/C13H15N5O2/c14-9-6-10-8(1-2-13(19)17-10)5-11(9)15-4-3-12-16-7-20-18-12/h5-7,15H,1-4,14H2,(H,17,19). The second-order valence-electron chi connectivity index (χ2n) is 4.67. The molecule has 3 rings (SSSR count). The molecule has 1 aromatic carbocycles. The maximum atomic E-state index is 11.3. The van der Waals surface area contributed by atoms with Crippen molar-refractivity contribution in [2.75, 3.05) is 22.9 Å². The van der Waals surface area contributed by atoms with Crippen molar-refractivity contribution in [3.05, 3.63) is 29.9 Å². The van der Waals surface area contributed by atoms with Gasteiger partial charge >= 0.3 is 0 Å². The van der Waals surface area contributed by atoms with Crippen LogP contribution in [0.5, 0.6) is 0 Å². The molecule has 1 amide bonds. The van der Waals surface area contributed by atoms with E-state index in [1.807, 2.05) is 6.07 Å². The maximum Gasteiger partial charge on any atom is 0.224 e. The van der Waals surface area contributed by atoms with Crippen LogP contribution in [0.4, 0.5) is 17.1 Å². The summed E-state index contributed by atoms with van der Waals surface area (Å²) in [5.41, 5.74) is 9.37. The molecular weight excluding hydrogens is 258 g/mol. The van der Waals surface area contributed by atoms with Gasteiger partial charge in [0, 0.05) is 25.1 Å². The van der Waals surface area contributed by atoms with Crippen molar-refractivity contribution >= 4 is 23.0 Å². The topological polar surface area (TPSA) is 106 Å². The minimum atomic E-state index is 0.0368. The highest BCUT2D eigenvalue weighted by atomic mass is 16.5. The number of fused-ring (bicyclic) bond motifs is 1. The molecule has 0 fully saturated rings. The van der Waals surface area contributed by atoms with Gasteiger partial charge < -0.3 is 20.9 Å². The van der Waals surface area contributed by atoms with Crippen LogP contribution in [0.15, 0.2) is 23.0 Å². The summed E-state index contributed by atoms with van der Waals surface area (Å²) in [5.74, 6) is 0.691. The molecule has 0 aliphatic carbocycles. The number of rotatable bonds is 4. The van der Waals surface area contributed by atoms with Gasteiger partial charge in [-0.05, 0) is 24.1 Å². The molecule has 0 spiro atoms. The number of hydrogen-bond acceptors (Lipinski definition) is 6. The molecule has 20 heavy (non-hydrogen) atoms. The van der Waals surface area contributed by atoms with E-state index in [9.17, 15) is 4.79 Å². The van der Waals surface area contributed by atoms with Crippen LogP contribution in [0.1, 0.15) is 17.8 Å². The lowest BCUT2D eigenvalue weighted by Gasteiger charge is -2.19. The Kier molecular flexibility index (Phi) is 3.24. The second kappa shape index (κ2) is 5.20. The van der Waals surface area contributed by atoms with Gasteiger partial charge in [0.2, 0.25) is 12.3 Å². The Morgan fingerprint density at radius 2 is 2.30 bits per heavy atom. The summed E-state index contributed by atoms with van der Waals surface area (Å²) in [6, 6.07) is 3.78. The largest absolute Gasteiger partial charge is 0.397 e. The number of amides is 1. The maximum absolute atomic E-state index is 11.3. The first kappa shape index (κ1) is 12.5. The van der Waals surface area contributed by atoms with Crippen LogP contribution in [0, 0.1) is 0 Å². The Morgan fingerprint density at radius 3 is 3.10 bits per heavy atom. The highest BCUT2D eigenvalue weighted by Gasteiger charge is 2.16. The van der Waals surface area contributed by atoms with Crippen LogP contribution >= 0.6 is 0 Å². The van der Waals surface area contributed by atoms with Gasteiger partial charge in [0.1, 0.15) is 0 Å². The molecule has 0 radical (unpaired) electrons. The molecule has 0 saturated carbocycles. The van der Waals surface area contributed by atoms with Crippen LogP contribution in [0.25, 0.3) is 0 Å². The molecule has 0 saturated heterocycles. The molecule has 7 heteroatoms. The highest BCUT2D eigenvalue weighted by molar-refractivity contribution is 5.95. The lowest BCUT2D eigenvalue weighted by atomic mass is 10.0. The molecule has 2 heterocycles. The van der Waals surface area contributed by atoms with E-state index in [1.165, 1.54) is 6.39 Å². The number of carbonyl (C=O) groups is 1. The predicted molar refractivity (Wildman–Crippen MR) is 74.3 cm³/mol. The Hall–Kier alpha value is -2.57. The first-order valence-electron chi connectivity index (χ1n) is 6.44. The Balaban J connectivity index is 1.69. The van der Waals surface area contributed by atoms with Crippen LogP contribution in [0.3, 0.4) is 0 Å². The Labute approximate surface area is 115 Å². The summed E-state index contributed by atoms with van der Waals surface area (Å²) >= 11 is 0. The van der Waals surface area contributed by atoms with Crippen molar-refractivity contribution in [3.63, 3.8) is 0 Å². The summed E-state index contributed by atoms with van der Waals surface area (Å²) in [5, 5.41) is 9.82. The Morgan fingerprint density at radius 1 is 1.40 bits per heavy atom. The third kappa shape index (κ3) is 2.56. The van der Waals surface area contributed by atoms with Crippen LogP contribution in [0.2, 0.25) is 0 Å². The number of hydrogen-bond donors (Lipinski definition) is 3. The summed E-state index contributed by atoms with van der Waals surface area (Å²) < 4.78 is 4.67. The fourth-order valence-electron chi connectivity index (χ4n) is 2.21. The normalized spacial score (nSPS) is 13.7. The van der Waals surface area contributed by atoms with E-state index >= 15 is 0 Å². The molecule has 104 valence electrons. The van der Waals surface area contributed by atoms with Gasteiger partial charge in [0.05, 0.1) is 11.4 Å². The first-order valence-corrected chi connectivity index (χ1v) is 6.44. The van der Waals surface area contributed by atoms with Gasteiger partial charge in [-0.15, -0.1) is 0 Å². The van der Waals surface area contributed by atoms with Crippen LogP contribution in [-0.2, 0) is 17.6 Å². The molecule has 1 aromatic heterocycles. The molecule has 4 N–H and O–H groups in total. The number of carbonyl (C=O) groups excluding carboxylic acids is 1. The lowest BCUT2D eigenvalue weighted by molar-refractivity contribution is -0.116. The predicted octanol–water partition coefficient (Wildman–Crippen LogP) is 1.19. The number of nitrogens with zero attached hydrogens (tertiary/aromatic N) is 2. The number of aryl methyl sites for hydroxylation is 1. The Bertz CT molecular complexity index is 624. The quantitative estimate of drug-likeness (QED) is 0.722. The van der Waals surface area contributed by atoms with Crippen molar-refractivity contribution in [2.24, 2.45) is 0 Å². The molecule has 0 bridgehead atoms. The fraction of sp³-hybridized carbons (Fsp3) is 0.308. The van der Waals surface area contributed by atoms with Gasteiger partial charge in [-0.1, -0.05) is 5.16 Å².